The molecule has 8 nitrogen and oxygen atoms in total. The van der Waals surface area contributed by atoms with Crippen LogP contribution in [0.4, 0.5) is 23.1 Å². The van der Waals surface area contributed by atoms with Crippen LogP contribution in [-0.4, -0.2) is 46.4 Å². The summed E-state index contributed by atoms with van der Waals surface area (Å²) < 4.78 is 6.24. The second-order valence-electron chi connectivity index (χ2n) is 10.3. The number of fused-ring (bicyclic) bond motifs is 2. The summed E-state index contributed by atoms with van der Waals surface area (Å²) in [7, 11) is 1.80. The van der Waals surface area contributed by atoms with Gasteiger partial charge in [0, 0.05) is 30.6 Å². The first kappa shape index (κ1) is 22.6. The van der Waals surface area contributed by atoms with Crippen LogP contribution in [0.15, 0.2) is 18.3 Å². The molecular formula is C26H33N5O3. The average molecular weight is 464 g/mol. The molecule has 1 N–H and O–H groups in total. The number of carbonyl (C=O) groups excluding carboxylic acids is 2. The van der Waals surface area contributed by atoms with Gasteiger partial charge in [-0.25, -0.2) is 4.98 Å². The maximum atomic E-state index is 13.1. The van der Waals surface area contributed by atoms with E-state index < -0.39 is 5.60 Å². The van der Waals surface area contributed by atoms with Gasteiger partial charge in [-0.05, 0) is 52.2 Å². The molecule has 1 saturated carbocycles. The van der Waals surface area contributed by atoms with E-state index in [0.29, 0.717) is 29.7 Å². The largest absolute Gasteiger partial charge is 0.485 e. The van der Waals surface area contributed by atoms with Crippen LogP contribution in [0.3, 0.4) is 0 Å². The molecule has 180 valence electrons. The van der Waals surface area contributed by atoms with Crippen molar-refractivity contribution >= 4 is 34.8 Å². The number of ether oxygens (including phenoxy) is 1. The third kappa shape index (κ3) is 3.69. The van der Waals surface area contributed by atoms with Gasteiger partial charge in [-0.3, -0.25) is 9.59 Å². The van der Waals surface area contributed by atoms with E-state index in [2.05, 4.69) is 22.1 Å². The lowest BCUT2D eigenvalue weighted by atomic mass is 9.95. The van der Waals surface area contributed by atoms with Crippen molar-refractivity contribution in [3.63, 3.8) is 0 Å². The van der Waals surface area contributed by atoms with Gasteiger partial charge in [-0.2, -0.15) is 4.98 Å². The number of hydrogen-bond acceptors (Lipinski definition) is 7. The normalized spacial score (nSPS) is 21.3. The summed E-state index contributed by atoms with van der Waals surface area (Å²) in [4.78, 5) is 38.7. The molecule has 1 amide bonds. The molecule has 0 spiro atoms. The van der Waals surface area contributed by atoms with Crippen LogP contribution >= 0.6 is 0 Å². The molecule has 5 rings (SSSR count). The Morgan fingerprint density at radius 2 is 2.00 bits per heavy atom. The van der Waals surface area contributed by atoms with Crippen molar-refractivity contribution in [3.8, 4) is 5.75 Å². The lowest BCUT2D eigenvalue weighted by Gasteiger charge is -2.43. The van der Waals surface area contributed by atoms with E-state index in [-0.39, 0.29) is 17.7 Å². The molecule has 1 atom stereocenters. The lowest BCUT2D eigenvalue weighted by Crippen LogP contribution is -2.55. The summed E-state index contributed by atoms with van der Waals surface area (Å²) in [5, 5.41) is 3.34. The predicted octanol–water partition coefficient (Wildman–Crippen LogP) is 4.64. The molecule has 1 fully saturated rings. The summed E-state index contributed by atoms with van der Waals surface area (Å²) in [6, 6.07) is 3.80. The smallest absolute Gasteiger partial charge is 0.249 e. The minimum Gasteiger partial charge on any atom is -0.485 e. The lowest BCUT2D eigenvalue weighted by molar-refractivity contribution is -0.120. The summed E-state index contributed by atoms with van der Waals surface area (Å²) in [6.45, 7) is 7.68. The zero-order chi connectivity index (χ0) is 24.2. The fourth-order valence-corrected chi connectivity index (χ4v) is 5.65. The summed E-state index contributed by atoms with van der Waals surface area (Å²) in [5.74, 6) is 2.06. The number of nitrogens with one attached hydrogen (secondary N) is 1. The van der Waals surface area contributed by atoms with Crippen molar-refractivity contribution in [2.24, 2.45) is 0 Å². The fourth-order valence-electron chi connectivity index (χ4n) is 5.65. The number of anilines is 4. The molecule has 0 unspecified atom stereocenters. The number of benzene rings is 1. The monoisotopic (exact) mass is 463 g/mol. The van der Waals surface area contributed by atoms with Crippen LogP contribution in [0.25, 0.3) is 0 Å². The third-order valence-corrected chi connectivity index (χ3v) is 7.28. The Bertz CT molecular complexity index is 1160. The van der Waals surface area contributed by atoms with Gasteiger partial charge < -0.3 is 19.9 Å². The Hall–Kier alpha value is -3.16. The maximum absolute atomic E-state index is 13.1. The minimum atomic E-state index is -0.391. The van der Waals surface area contributed by atoms with Crippen molar-refractivity contribution in [3.05, 3.63) is 29.5 Å². The minimum absolute atomic E-state index is 0.0275. The van der Waals surface area contributed by atoms with Gasteiger partial charge in [0.2, 0.25) is 11.9 Å². The molecular weight excluding hydrogens is 430 g/mol. The van der Waals surface area contributed by atoms with Crippen molar-refractivity contribution in [2.75, 3.05) is 22.2 Å². The Morgan fingerprint density at radius 1 is 1.26 bits per heavy atom. The number of aromatic nitrogens is 2. The zero-order valence-electron chi connectivity index (χ0n) is 20.6. The molecule has 1 aromatic heterocycles. The molecule has 2 aromatic rings. The number of amides is 1. The Balaban J connectivity index is 1.55. The van der Waals surface area contributed by atoms with Crippen molar-refractivity contribution < 1.29 is 14.3 Å². The zero-order valence-corrected chi connectivity index (χ0v) is 20.6. The SMILES string of the molecule is CC[C@@H]1C(=O)N(C)c2cnc(Nc3ccc(C(C)=O)c4c3OC(C)(C)C4)nc2N1C1CCCC1. The maximum Gasteiger partial charge on any atom is 0.249 e. The first-order valence-corrected chi connectivity index (χ1v) is 12.3. The third-order valence-electron chi connectivity index (χ3n) is 7.28. The van der Waals surface area contributed by atoms with E-state index in [1.807, 2.05) is 26.0 Å². The summed E-state index contributed by atoms with van der Waals surface area (Å²) >= 11 is 0. The van der Waals surface area contributed by atoms with Crippen LogP contribution < -0.4 is 19.9 Å². The van der Waals surface area contributed by atoms with Crippen LogP contribution in [-0.2, 0) is 11.2 Å². The number of carbonyl (C=O) groups is 2. The average Bonchev–Trinajstić information content (AvgIpc) is 3.43. The van der Waals surface area contributed by atoms with Gasteiger partial charge in [0.25, 0.3) is 0 Å². The quantitative estimate of drug-likeness (QED) is 0.646. The van der Waals surface area contributed by atoms with Gasteiger partial charge in [0.15, 0.2) is 11.6 Å². The van der Waals surface area contributed by atoms with Crippen LogP contribution in [0.1, 0.15) is 75.7 Å². The molecule has 3 heterocycles. The second-order valence-corrected chi connectivity index (χ2v) is 10.3. The number of hydrogen-bond donors (Lipinski definition) is 1. The van der Waals surface area contributed by atoms with E-state index in [1.54, 1.807) is 25.1 Å². The number of nitrogens with zero attached hydrogens (tertiary/aromatic N) is 4. The van der Waals surface area contributed by atoms with Gasteiger partial charge in [0.1, 0.15) is 23.1 Å². The highest BCUT2D eigenvalue weighted by Gasteiger charge is 2.41. The topological polar surface area (TPSA) is 87.7 Å². The molecule has 1 aliphatic carbocycles. The van der Waals surface area contributed by atoms with E-state index in [0.717, 1.165) is 42.0 Å². The summed E-state index contributed by atoms with van der Waals surface area (Å²) in [6.07, 6.45) is 7.62. The van der Waals surface area contributed by atoms with Crippen molar-refractivity contribution in [1.82, 2.24) is 9.97 Å². The highest BCUT2D eigenvalue weighted by Crippen LogP contribution is 2.44. The van der Waals surface area contributed by atoms with E-state index in [1.165, 1.54) is 12.8 Å². The summed E-state index contributed by atoms with van der Waals surface area (Å²) in [5.41, 5.74) is 2.70. The first-order valence-electron chi connectivity index (χ1n) is 12.3. The molecule has 1 aromatic carbocycles. The number of likely N-dealkylation sites (N-methyl/N-ethyl adjacent to an activating group) is 1. The molecule has 0 radical (unpaired) electrons. The molecule has 34 heavy (non-hydrogen) atoms. The molecule has 0 saturated heterocycles. The number of rotatable bonds is 5. The van der Waals surface area contributed by atoms with Gasteiger partial charge in [0.05, 0.1) is 11.9 Å². The highest BCUT2D eigenvalue weighted by atomic mass is 16.5. The Labute approximate surface area is 200 Å². The van der Waals surface area contributed by atoms with Gasteiger partial charge in [-0.1, -0.05) is 19.8 Å². The Morgan fingerprint density at radius 3 is 2.68 bits per heavy atom. The molecule has 2 aliphatic heterocycles. The van der Waals surface area contributed by atoms with E-state index in [9.17, 15) is 9.59 Å². The Kier molecular flexibility index (Phi) is 5.49. The van der Waals surface area contributed by atoms with Crippen molar-refractivity contribution in [2.45, 2.75) is 83.9 Å². The van der Waals surface area contributed by atoms with Crippen molar-refractivity contribution in [1.29, 1.82) is 0 Å². The van der Waals surface area contributed by atoms with Gasteiger partial charge in [-0.15, -0.1) is 0 Å². The second kappa shape index (κ2) is 8.25. The predicted molar refractivity (Wildman–Crippen MR) is 132 cm³/mol. The van der Waals surface area contributed by atoms with Crippen LogP contribution in [0, 0.1) is 0 Å². The first-order chi connectivity index (χ1) is 16.2. The molecule has 8 heteroatoms. The highest BCUT2D eigenvalue weighted by molar-refractivity contribution is 6.04. The van der Waals surface area contributed by atoms with Gasteiger partial charge >= 0.3 is 0 Å². The molecule has 0 bridgehead atoms. The number of Topliss-reactive ketones (excluding diaryl/α,β-unsaturated/α-hetero) is 1. The van der Waals surface area contributed by atoms with E-state index >= 15 is 0 Å². The number of ketones is 1. The standard InChI is InChI=1S/C26H33N5O3/c1-6-20-24(33)30(5)21-14-27-25(29-23(21)31(20)16-9-7-8-10-16)28-19-12-11-17(15(2)32)18-13-26(3,4)34-22(18)19/h11-12,14,16,20H,6-10,13H2,1-5H3,(H,27,28,29)/t20-/m1/s1. The fraction of sp³-hybridized carbons (Fsp3) is 0.538. The molecule has 3 aliphatic rings. The van der Waals surface area contributed by atoms with Crippen LogP contribution in [0.2, 0.25) is 0 Å². The van der Waals surface area contributed by atoms with Crippen LogP contribution in [0.5, 0.6) is 5.75 Å². The van der Waals surface area contributed by atoms with E-state index in [4.69, 9.17) is 9.72 Å².